The van der Waals surface area contributed by atoms with Crippen LogP contribution in [0.3, 0.4) is 0 Å². The lowest BCUT2D eigenvalue weighted by atomic mass is 9.67. The number of aliphatic imine (C=N–C) groups is 1. The number of carbonyl (C=O) groups is 1. The number of nitrogens with one attached hydrogen (secondary N) is 1. The number of fused-ring (bicyclic) bond motifs is 6. The van der Waals surface area contributed by atoms with Crippen LogP contribution in [0.15, 0.2) is 87.3 Å². The van der Waals surface area contributed by atoms with Gasteiger partial charge in [0.15, 0.2) is 0 Å². The van der Waals surface area contributed by atoms with Gasteiger partial charge in [-0.1, -0.05) is 62.1 Å². The summed E-state index contributed by atoms with van der Waals surface area (Å²) >= 11 is 0. The molecule has 2 aliphatic heterocycles. The molecule has 38 heavy (non-hydrogen) atoms. The fraction of sp³-hybridized carbons (Fsp3) is 0.412. The van der Waals surface area contributed by atoms with Crippen LogP contribution < -0.4 is 5.32 Å². The zero-order valence-electron chi connectivity index (χ0n) is 22.5. The van der Waals surface area contributed by atoms with E-state index < -0.39 is 0 Å². The molecule has 4 nitrogen and oxygen atoms in total. The van der Waals surface area contributed by atoms with Crippen molar-refractivity contribution in [1.82, 2.24) is 0 Å². The fourth-order valence-corrected chi connectivity index (χ4v) is 7.82. The third-order valence-electron chi connectivity index (χ3n) is 9.91. The molecule has 0 aromatic heterocycles. The zero-order chi connectivity index (χ0) is 26.1. The van der Waals surface area contributed by atoms with Crippen LogP contribution in [0.2, 0.25) is 0 Å². The molecule has 0 saturated heterocycles. The summed E-state index contributed by atoms with van der Waals surface area (Å²) in [6.07, 6.45) is 10.3. The predicted molar refractivity (Wildman–Crippen MR) is 153 cm³/mol. The van der Waals surface area contributed by atoms with E-state index in [1.165, 1.54) is 11.1 Å². The molecule has 0 spiro atoms. The fourth-order valence-electron chi connectivity index (χ4n) is 7.82. The summed E-state index contributed by atoms with van der Waals surface area (Å²) in [5.74, 6) is 0.192. The maximum absolute atomic E-state index is 14.1. The van der Waals surface area contributed by atoms with Crippen molar-refractivity contribution in [3.8, 4) is 0 Å². The van der Waals surface area contributed by atoms with Gasteiger partial charge in [-0.05, 0) is 86.8 Å². The van der Waals surface area contributed by atoms with Crippen molar-refractivity contribution in [3.05, 3.63) is 93.4 Å². The van der Waals surface area contributed by atoms with Gasteiger partial charge in [0, 0.05) is 22.2 Å². The number of aliphatic hydroxyl groups excluding tert-OH is 1. The van der Waals surface area contributed by atoms with Gasteiger partial charge in [-0.25, -0.2) is 0 Å². The summed E-state index contributed by atoms with van der Waals surface area (Å²) in [5, 5.41) is 15.4. The number of allylic oxidation sites excluding steroid dienone is 5. The minimum atomic E-state index is -0.217. The molecule has 4 heteroatoms. The molecule has 2 unspecified atom stereocenters. The van der Waals surface area contributed by atoms with Crippen molar-refractivity contribution in [3.63, 3.8) is 0 Å². The number of ketones is 1. The monoisotopic (exact) mass is 504 g/mol. The van der Waals surface area contributed by atoms with E-state index in [2.05, 4.69) is 61.6 Å². The average molecular weight is 505 g/mol. The maximum Gasteiger partial charge on any atom is 0.201 e. The van der Waals surface area contributed by atoms with Crippen LogP contribution in [0, 0.1) is 0 Å². The summed E-state index contributed by atoms with van der Waals surface area (Å²) < 4.78 is 0. The highest BCUT2D eigenvalue weighted by atomic mass is 16.3. The number of aliphatic hydroxyl groups is 1. The van der Waals surface area contributed by atoms with Gasteiger partial charge < -0.3 is 10.4 Å². The van der Waals surface area contributed by atoms with Crippen LogP contribution in [0.1, 0.15) is 89.2 Å². The van der Waals surface area contributed by atoms with Crippen LogP contribution in [-0.2, 0) is 15.6 Å². The molecule has 2 aromatic carbocycles. The van der Waals surface area contributed by atoms with Gasteiger partial charge in [-0.15, -0.1) is 0 Å². The molecule has 0 amide bonds. The molecule has 2 N–H and O–H groups in total. The molecule has 0 bridgehead atoms. The Kier molecular flexibility index (Phi) is 5.34. The molecular weight excluding hydrogens is 468 g/mol. The average Bonchev–Trinajstić information content (AvgIpc) is 3.36. The minimum Gasteiger partial charge on any atom is -0.506 e. The van der Waals surface area contributed by atoms with Crippen LogP contribution in [0.4, 0.5) is 11.4 Å². The molecule has 2 heterocycles. The lowest BCUT2D eigenvalue weighted by molar-refractivity contribution is -0.113. The Balaban J connectivity index is 1.38. The van der Waals surface area contributed by atoms with E-state index in [9.17, 15) is 9.90 Å². The molecule has 1 fully saturated rings. The number of carbonyl (C=O) groups excluding carboxylic acids is 1. The first-order valence-corrected chi connectivity index (χ1v) is 14.4. The molecule has 0 radical (unpaired) electrons. The lowest BCUT2D eigenvalue weighted by Gasteiger charge is -2.36. The van der Waals surface area contributed by atoms with Gasteiger partial charge in [0.2, 0.25) is 5.78 Å². The van der Waals surface area contributed by atoms with Crippen molar-refractivity contribution in [2.24, 2.45) is 4.99 Å². The van der Waals surface area contributed by atoms with Crippen LogP contribution in [0.5, 0.6) is 0 Å². The molecule has 7 rings (SSSR count). The first kappa shape index (κ1) is 23.7. The molecule has 194 valence electrons. The van der Waals surface area contributed by atoms with Crippen molar-refractivity contribution < 1.29 is 9.90 Å². The largest absolute Gasteiger partial charge is 0.506 e. The standard InChI is InChI=1S/C34H36N2O2/c1-33-19-11-3-5-13-21(31(33)35-25-17-9-7-15-23(25)33)27-29(37)28(30(27)38)22-14-6-4-12-20-34(2)24-16-8-10-18-26(24)36-32(22)34/h7-10,15-18,35,37H,3-6,11-14,19-20H2,1-2H3/b28-22-,31-21-. The van der Waals surface area contributed by atoms with Crippen molar-refractivity contribution >= 4 is 22.9 Å². The van der Waals surface area contributed by atoms with E-state index in [1.807, 2.05) is 6.07 Å². The molecule has 1 saturated carbocycles. The van der Waals surface area contributed by atoms with Gasteiger partial charge in [-0.2, -0.15) is 0 Å². The van der Waals surface area contributed by atoms with E-state index in [0.29, 0.717) is 11.1 Å². The number of anilines is 1. The van der Waals surface area contributed by atoms with Crippen LogP contribution in [-0.4, -0.2) is 16.6 Å². The topological polar surface area (TPSA) is 61.7 Å². The molecule has 2 atom stereocenters. The highest BCUT2D eigenvalue weighted by molar-refractivity contribution is 6.27. The second kappa shape index (κ2) is 8.56. The quantitative estimate of drug-likeness (QED) is 0.384. The smallest absolute Gasteiger partial charge is 0.201 e. The molecular formula is C34H36N2O2. The van der Waals surface area contributed by atoms with E-state index in [4.69, 9.17) is 4.99 Å². The lowest BCUT2D eigenvalue weighted by Crippen LogP contribution is -2.36. The summed E-state index contributed by atoms with van der Waals surface area (Å²) in [7, 11) is 0. The number of hydrogen-bond donors (Lipinski definition) is 2. The molecule has 3 aliphatic carbocycles. The SMILES string of the molecule is CC12CCCCC/C(=C3/C(=O)C(C4=C5\Nc6ccccc6C5(C)CCCCC\4)=C3O)C1=Nc1ccccc12. The summed E-state index contributed by atoms with van der Waals surface area (Å²) in [6.45, 7) is 4.58. The van der Waals surface area contributed by atoms with Gasteiger partial charge in [0.05, 0.1) is 22.5 Å². The van der Waals surface area contributed by atoms with E-state index in [1.54, 1.807) is 0 Å². The Morgan fingerprint density at radius 2 is 1.42 bits per heavy atom. The van der Waals surface area contributed by atoms with Crippen LogP contribution >= 0.6 is 0 Å². The van der Waals surface area contributed by atoms with Gasteiger partial charge in [0.1, 0.15) is 5.76 Å². The minimum absolute atomic E-state index is 0.00209. The van der Waals surface area contributed by atoms with Gasteiger partial charge >= 0.3 is 0 Å². The number of nitrogens with zero attached hydrogens (tertiary/aromatic N) is 1. The highest BCUT2D eigenvalue weighted by Gasteiger charge is 2.48. The third-order valence-corrected chi connectivity index (χ3v) is 9.91. The Morgan fingerprint density at radius 3 is 2.18 bits per heavy atom. The summed E-state index contributed by atoms with van der Waals surface area (Å²) in [6, 6.07) is 16.9. The van der Waals surface area contributed by atoms with Gasteiger partial charge in [-0.3, -0.25) is 9.79 Å². The van der Waals surface area contributed by atoms with E-state index >= 15 is 0 Å². The Morgan fingerprint density at radius 1 is 0.763 bits per heavy atom. The van der Waals surface area contributed by atoms with Crippen molar-refractivity contribution in [2.75, 3.05) is 5.32 Å². The predicted octanol–water partition coefficient (Wildman–Crippen LogP) is 8.29. The van der Waals surface area contributed by atoms with Crippen LogP contribution in [0.25, 0.3) is 0 Å². The maximum atomic E-state index is 14.1. The first-order chi connectivity index (χ1) is 18.4. The van der Waals surface area contributed by atoms with E-state index in [0.717, 1.165) is 98.1 Å². The number of para-hydroxylation sites is 2. The Hall–Kier alpha value is -3.40. The van der Waals surface area contributed by atoms with Crippen molar-refractivity contribution in [1.29, 1.82) is 0 Å². The number of benzene rings is 2. The molecule has 5 aliphatic rings. The molecule has 2 aromatic rings. The number of rotatable bonds is 1. The second-order valence-corrected chi connectivity index (χ2v) is 12.2. The summed E-state index contributed by atoms with van der Waals surface area (Å²) in [5.41, 5.74) is 9.46. The Bertz CT molecular complexity index is 1510. The highest BCUT2D eigenvalue weighted by Crippen LogP contribution is 2.53. The third kappa shape index (κ3) is 3.22. The Labute approximate surface area is 225 Å². The van der Waals surface area contributed by atoms with Crippen molar-refractivity contribution in [2.45, 2.75) is 88.9 Å². The zero-order valence-corrected chi connectivity index (χ0v) is 22.5. The van der Waals surface area contributed by atoms with Gasteiger partial charge in [0.25, 0.3) is 0 Å². The number of hydrogen-bond acceptors (Lipinski definition) is 4. The number of Topliss-reactive ketones (excluding diaryl/α,β-unsaturated/α-hetero) is 1. The first-order valence-electron chi connectivity index (χ1n) is 14.4. The normalized spacial score (nSPS) is 32.5. The van der Waals surface area contributed by atoms with E-state index in [-0.39, 0.29) is 22.4 Å². The second-order valence-electron chi connectivity index (χ2n) is 12.2. The summed E-state index contributed by atoms with van der Waals surface area (Å²) in [4.78, 5) is 19.2.